The molecule has 1 heterocycles. The van der Waals surface area contributed by atoms with Crippen molar-refractivity contribution >= 4 is 37.5 Å². The van der Waals surface area contributed by atoms with E-state index in [4.69, 9.17) is 9.84 Å². The van der Waals surface area contributed by atoms with Crippen LogP contribution in [-0.2, 0) is 14.8 Å². The summed E-state index contributed by atoms with van der Waals surface area (Å²) >= 11 is 3.31. The molecule has 0 radical (unpaired) electrons. The number of ether oxygens (including phenoxy) is 1. The van der Waals surface area contributed by atoms with Crippen molar-refractivity contribution in [3.05, 3.63) is 64.6 Å². The molecule has 0 saturated heterocycles. The largest absolute Gasteiger partial charge is 0.493 e. The van der Waals surface area contributed by atoms with Crippen LogP contribution in [0.25, 0.3) is 5.57 Å². The number of hydrogen-bond acceptors (Lipinski definition) is 4. The molecule has 28 heavy (non-hydrogen) atoms. The average molecular weight is 466 g/mol. The second kappa shape index (κ2) is 8.89. The van der Waals surface area contributed by atoms with E-state index in [0.717, 1.165) is 15.6 Å². The Bertz CT molecular complexity index is 986. The third kappa shape index (κ3) is 5.01. The van der Waals surface area contributed by atoms with Gasteiger partial charge in [0.15, 0.2) is 0 Å². The van der Waals surface area contributed by atoms with Crippen LogP contribution in [0.5, 0.6) is 5.75 Å². The van der Waals surface area contributed by atoms with Crippen LogP contribution in [0.3, 0.4) is 0 Å². The zero-order valence-corrected chi connectivity index (χ0v) is 17.4. The van der Waals surface area contributed by atoms with Crippen molar-refractivity contribution in [1.82, 2.24) is 4.31 Å². The summed E-state index contributed by atoms with van der Waals surface area (Å²) in [6, 6.07) is 14.0. The summed E-state index contributed by atoms with van der Waals surface area (Å²) in [5, 5.41) is 8.69. The Morgan fingerprint density at radius 1 is 1.18 bits per heavy atom. The minimum absolute atomic E-state index is 0.0597. The Morgan fingerprint density at radius 3 is 2.57 bits per heavy atom. The topological polar surface area (TPSA) is 83.9 Å². The first kappa shape index (κ1) is 20.6. The average Bonchev–Trinajstić information content (AvgIpc) is 2.68. The van der Waals surface area contributed by atoms with E-state index in [9.17, 15) is 13.2 Å². The first-order valence-electron chi connectivity index (χ1n) is 8.76. The van der Waals surface area contributed by atoms with E-state index in [1.54, 1.807) is 30.3 Å². The highest BCUT2D eigenvalue weighted by molar-refractivity contribution is 9.10. The Balaban J connectivity index is 1.70. The van der Waals surface area contributed by atoms with Crippen molar-refractivity contribution in [3.8, 4) is 5.75 Å². The monoisotopic (exact) mass is 465 g/mol. The van der Waals surface area contributed by atoms with Crippen molar-refractivity contribution in [2.45, 2.75) is 17.7 Å². The lowest BCUT2D eigenvalue weighted by Crippen LogP contribution is -2.34. The van der Waals surface area contributed by atoms with Gasteiger partial charge in [0, 0.05) is 17.6 Å². The Hall–Kier alpha value is -2.16. The summed E-state index contributed by atoms with van der Waals surface area (Å²) in [6.07, 6.45) is 2.44. The highest BCUT2D eigenvalue weighted by atomic mass is 79.9. The molecule has 8 heteroatoms. The van der Waals surface area contributed by atoms with Crippen molar-refractivity contribution in [2.75, 3.05) is 19.7 Å². The van der Waals surface area contributed by atoms with Gasteiger partial charge in [-0.3, -0.25) is 4.79 Å². The van der Waals surface area contributed by atoms with E-state index in [1.807, 2.05) is 24.3 Å². The minimum atomic E-state index is -3.53. The summed E-state index contributed by atoms with van der Waals surface area (Å²) in [6.45, 7) is 0.809. The van der Waals surface area contributed by atoms with E-state index >= 15 is 0 Å². The number of aliphatic carboxylic acids is 1. The molecule has 0 aromatic heterocycles. The van der Waals surface area contributed by atoms with E-state index in [0.29, 0.717) is 25.3 Å². The molecule has 1 aliphatic heterocycles. The smallest absolute Gasteiger partial charge is 0.306 e. The normalized spacial score (nSPS) is 15.1. The molecule has 1 aliphatic rings. The number of halogens is 1. The van der Waals surface area contributed by atoms with Gasteiger partial charge >= 0.3 is 5.97 Å². The summed E-state index contributed by atoms with van der Waals surface area (Å²) < 4.78 is 33.3. The third-order valence-corrected chi connectivity index (χ3v) is 6.82. The van der Waals surface area contributed by atoms with Crippen molar-refractivity contribution in [3.63, 3.8) is 0 Å². The molecule has 2 aromatic carbocycles. The summed E-state index contributed by atoms with van der Waals surface area (Å²) in [5.74, 6) is -0.303. The molecule has 1 N–H and O–H groups in total. The first-order valence-corrected chi connectivity index (χ1v) is 11.0. The van der Waals surface area contributed by atoms with Gasteiger partial charge in [-0.05, 0) is 54.0 Å². The minimum Gasteiger partial charge on any atom is -0.493 e. The molecular weight excluding hydrogens is 446 g/mol. The predicted octanol–water partition coefficient (Wildman–Crippen LogP) is 3.78. The summed E-state index contributed by atoms with van der Waals surface area (Å²) in [5.41, 5.74) is 2.00. The highest BCUT2D eigenvalue weighted by Gasteiger charge is 2.26. The molecule has 0 aliphatic carbocycles. The van der Waals surface area contributed by atoms with E-state index in [-0.39, 0.29) is 17.9 Å². The van der Waals surface area contributed by atoms with Gasteiger partial charge in [-0.1, -0.05) is 34.1 Å². The fourth-order valence-electron chi connectivity index (χ4n) is 2.93. The lowest BCUT2D eigenvalue weighted by atomic mass is 10.0. The quantitative estimate of drug-likeness (QED) is 0.672. The maximum atomic E-state index is 12.8. The van der Waals surface area contributed by atoms with Crippen LogP contribution in [0.4, 0.5) is 0 Å². The molecule has 3 rings (SSSR count). The number of hydrogen-bond donors (Lipinski definition) is 1. The molecule has 0 bridgehead atoms. The molecule has 0 saturated carbocycles. The molecular formula is C20H20BrNO5S. The number of carbonyl (C=O) groups is 1. The number of benzene rings is 2. The van der Waals surface area contributed by atoms with Crippen LogP contribution in [0.1, 0.15) is 18.4 Å². The number of carboxylic acid groups (broad SMARTS) is 1. The zero-order chi connectivity index (χ0) is 20.1. The van der Waals surface area contributed by atoms with Crippen molar-refractivity contribution < 1.29 is 23.1 Å². The maximum absolute atomic E-state index is 12.8. The lowest BCUT2D eigenvalue weighted by molar-refractivity contribution is -0.137. The molecule has 0 unspecified atom stereocenters. The highest BCUT2D eigenvalue weighted by Crippen LogP contribution is 2.28. The SMILES string of the molecule is O=C(O)CCOc1cccc(C2=CCN(S(=O)(=O)c3ccc(Br)cc3)CC2)c1. The third-order valence-electron chi connectivity index (χ3n) is 4.41. The number of nitrogens with zero attached hydrogens (tertiary/aromatic N) is 1. The second-order valence-electron chi connectivity index (χ2n) is 6.32. The van der Waals surface area contributed by atoms with Gasteiger partial charge in [0.1, 0.15) is 5.75 Å². The van der Waals surface area contributed by atoms with Crippen LogP contribution < -0.4 is 4.74 Å². The van der Waals surface area contributed by atoms with Gasteiger partial charge in [-0.15, -0.1) is 0 Å². The van der Waals surface area contributed by atoms with E-state index < -0.39 is 16.0 Å². The molecule has 6 nitrogen and oxygen atoms in total. The zero-order valence-electron chi connectivity index (χ0n) is 15.0. The maximum Gasteiger partial charge on any atom is 0.306 e. The molecule has 0 spiro atoms. The van der Waals surface area contributed by atoms with Crippen LogP contribution in [-0.4, -0.2) is 43.5 Å². The van der Waals surface area contributed by atoms with Gasteiger partial charge in [-0.2, -0.15) is 4.31 Å². The van der Waals surface area contributed by atoms with Crippen molar-refractivity contribution in [1.29, 1.82) is 0 Å². The van der Waals surface area contributed by atoms with Gasteiger partial charge in [0.25, 0.3) is 0 Å². The van der Waals surface area contributed by atoms with Crippen molar-refractivity contribution in [2.24, 2.45) is 0 Å². The first-order chi connectivity index (χ1) is 13.4. The Kier molecular flexibility index (Phi) is 6.53. The van der Waals surface area contributed by atoms with Crippen LogP contribution in [0.15, 0.2) is 64.0 Å². The van der Waals surface area contributed by atoms with Crippen LogP contribution in [0, 0.1) is 0 Å². The van der Waals surface area contributed by atoms with Gasteiger partial charge in [0.05, 0.1) is 17.9 Å². The van der Waals surface area contributed by atoms with Gasteiger partial charge < -0.3 is 9.84 Å². The Labute approximate surface area is 172 Å². The molecule has 0 amide bonds. The second-order valence-corrected chi connectivity index (χ2v) is 9.17. The standard InChI is InChI=1S/C20H20BrNO5S/c21-17-4-6-19(7-5-17)28(25,26)22-11-8-15(9-12-22)16-2-1-3-18(14-16)27-13-10-20(23)24/h1-8,14H,9-13H2,(H,23,24). The van der Waals surface area contributed by atoms with Crippen LogP contribution >= 0.6 is 15.9 Å². The predicted molar refractivity (Wildman–Crippen MR) is 110 cm³/mol. The van der Waals surface area contributed by atoms with Crippen LogP contribution in [0.2, 0.25) is 0 Å². The van der Waals surface area contributed by atoms with Gasteiger partial charge in [0.2, 0.25) is 10.0 Å². The molecule has 148 valence electrons. The molecule has 0 atom stereocenters. The molecule has 0 fully saturated rings. The molecule has 2 aromatic rings. The van der Waals surface area contributed by atoms with E-state index in [1.165, 1.54) is 4.31 Å². The fourth-order valence-corrected chi connectivity index (χ4v) is 4.57. The number of carboxylic acids is 1. The Morgan fingerprint density at radius 2 is 1.93 bits per heavy atom. The number of sulfonamides is 1. The number of rotatable bonds is 7. The summed E-state index contributed by atoms with van der Waals surface area (Å²) in [4.78, 5) is 10.9. The fraction of sp³-hybridized carbons (Fsp3) is 0.250. The van der Waals surface area contributed by atoms with E-state index in [2.05, 4.69) is 15.9 Å². The van der Waals surface area contributed by atoms with Gasteiger partial charge in [-0.25, -0.2) is 8.42 Å². The summed E-state index contributed by atoms with van der Waals surface area (Å²) in [7, 11) is -3.53. The lowest BCUT2D eigenvalue weighted by Gasteiger charge is -2.26.